The Kier molecular flexibility index (Phi) is 4.85. The van der Waals surface area contributed by atoms with Gasteiger partial charge in [0.15, 0.2) is 5.65 Å². The number of nitrogens with zero attached hydrogens (tertiary/aromatic N) is 5. The van der Waals surface area contributed by atoms with E-state index in [0.29, 0.717) is 22.6 Å². The molecule has 3 heterocycles. The number of fused-ring (bicyclic) bond motifs is 3. The van der Waals surface area contributed by atoms with E-state index in [1.807, 2.05) is 6.20 Å². The van der Waals surface area contributed by atoms with E-state index in [2.05, 4.69) is 20.6 Å². The maximum atomic E-state index is 13.0. The largest absolute Gasteiger partial charge is 0.416 e. The van der Waals surface area contributed by atoms with Crippen molar-refractivity contribution in [2.75, 3.05) is 0 Å². The van der Waals surface area contributed by atoms with Gasteiger partial charge in [0.05, 0.1) is 23.3 Å². The molecule has 0 bridgehead atoms. The van der Waals surface area contributed by atoms with Crippen LogP contribution in [0.25, 0.3) is 27.6 Å². The van der Waals surface area contributed by atoms with Gasteiger partial charge < -0.3 is 5.32 Å². The molecule has 3 aromatic heterocycles. The van der Waals surface area contributed by atoms with Crippen LogP contribution in [0.5, 0.6) is 0 Å². The lowest BCUT2D eigenvalue weighted by Crippen LogP contribution is -2.23. The molecule has 33 heavy (non-hydrogen) atoms. The molecule has 1 N–H and O–H groups in total. The van der Waals surface area contributed by atoms with Gasteiger partial charge in [-0.3, -0.25) is 14.0 Å². The van der Waals surface area contributed by atoms with Gasteiger partial charge in [0.2, 0.25) is 0 Å². The first-order valence-electron chi connectivity index (χ1n) is 10.0. The molecule has 5 aromatic rings. The lowest BCUT2D eigenvalue weighted by atomic mass is 10.1. The van der Waals surface area contributed by atoms with Crippen LogP contribution >= 0.6 is 0 Å². The highest BCUT2D eigenvalue weighted by atomic mass is 19.4. The number of benzene rings is 2. The van der Waals surface area contributed by atoms with E-state index in [-0.39, 0.29) is 12.5 Å². The predicted octanol–water partition coefficient (Wildman–Crippen LogP) is 4.26. The summed E-state index contributed by atoms with van der Waals surface area (Å²) in [5.41, 5.74) is 2.23. The average molecular weight is 450 g/mol. The molecule has 166 valence electrons. The Morgan fingerprint density at radius 1 is 1.06 bits per heavy atom. The monoisotopic (exact) mass is 450 g/mol. The smallest absolute Gasteiger partial charge is 0.346 e. The zero-order valence-electron chi connectivity index (χ0n) is 17.3. The molecule has 0 saturated heterocycles. The summed E-state index contributed by atoms with van der Waals surface area (Å²) in [7, 11) is 1.76. The molecular formula is C23H17F3N6O. The summed E-state index contributed by atoms with van der Waals surface area (Å²) in [6.07, 6.45) is -1.04. The second-order valence-electron chi connectivity index (χ2n) is 7.55. The van der Waals surface area contributed by atoms with Crippen LogP contribution < -0.4 is 5.32 Å². The quantitative estimate of drug-likeness (QED) is 0.444. The maximum absolute atomic E-state index is 13.0. The minimum atomic E-state index is -4.41. The maximum Gasteiger partial charge on any atom is 0.416 e. The van der Waals surface area contributed by atoms with Crippen LogP contribution in [0.2, 0.25) is 0 Å². The zero-order chi connectivity index (χ0) is 23.2. The van der Waals surface area contributed by atoms with Gasteiger partial charge in [-0.15, -0.1) is 0 Å². The minimum Gasteiger partial charge on any atom is -0.346 e. The number of aromatic nitrogens is 5. The summed E-state index contributed by atoms with van der Waals surface area (Å²) in [6, 6.07) is 13.6. The number of carbonyl (C=O) groups is 1. The van der Waals surface area contributed by atoms with Crippen LogP contribution in [0.3, 0.4) is 0 Å². The summed E-state index contributed by atoms with van der Waals surface area (Å²) in [6.45, 7) is 0.236. The highest BCUT2D eigenvalue weighted by molar-refractivity contribution is 6.10. The number of hydrogen-bond donors (Lipinski definition) is 1. The van der Waals surface area contributed by atoms with Crippen molar-refractivity contribution < 1.29 is 18.0 Å². The number of halogens is 3. The molecule has 0 atom stereocenters. The Bertz CT molecular complexity index is 1470. The van der Waals surface area contributed by atoms with Gasteiger partial charge >= 0.3 is 6.18 Å². The number of hydrogen-bond acceptors (Lipinski definition) is 4. The average Bonchev–Trinajstić information content (AvgIpc) is 3.32. The SMILES string of the molecule is Cn1cc2c3cc(C(=O)NCc4cccnn4)ccc3n(-c3ccc(C(F)(F)F)cc3)c2n1. The molecule has 10 heteroatoms. The number of amides is 1. The fourth-order valence-corrected chi connectivity index (χ4v) is 3.80. The van der Waals surface area contributed by atoms with E-state index in [0.717, 1.165) is 28.4 Å². The Labute approximate surface area is 185 Å². The summed E-state index contributed by atoms with van der Waals surface area (Å²) < 4.78 is 42.4. The van der Waals surface area contributed by atoms with Crippen molar-refractivity contribution in [1.29, 1.82) is 0 Å². The molecule has 0 unspecified atom stereocenters. The van der Waals surface area contributed by atoms with Gasteiger partial charge in [0, 0.05) is 41.5 Å². The van der Waals surface area contributed by atoms with Crippen molar-refractivity contribution in [2.24, 2.45) is 7.05 Å². The third-order valence-corrected chi connectivity index (χ3v) is 5.32. The lowest BCUT2D eigenvalue weighted by molar-refractivity contribution is -0.137. The van der Waals surface area contributed by atoms with Crippen molar-refractivity contribution >= 4 is 27.8 Å². The lowest BCUT2D eigenvalue weighted by Gasteiger charge is -2.10. The van der Waals surface area contributed by atoms with Gasteiger partial charge in [-0.25, -0.2) is 0 Å². The standard InChI is InChI=1S/C23H17F3N6O/c1-31-13-19-18-11-14(22(33)27-12-16-3-2-10-28-29-16)4-9-20(18)32(21(19)30-31)17-7-5-15(6-8-17)23(24,25)26/h2-11,13H,12H2,1H3,(H,27,33). The van der Waals surface area contributed by atoms with Gasteiger partial charge in [-0.2, -0.15) is 28.5 Å². The molecule has 1 amide bonds. The Hall–Kier alpha value is -4.21. The molecule has 0 aliphatic rings. The second-order valence-corrected chi connectivity index (χ2v) is 7.55. The van der Waals surface area contributed by atoms with Crippen molar-refractivity contribution in [3.8, 4) is 5.69 Å². The second kappa shape index (κ2) is 7.73. The summed E-state index contributed by atoms with van der Waals surface area (Å²) in [5, 5.41) is 16.6. The summed E-state index contributed by atoms with van der Waals surface area (Å²) in [5.74, 6) is -0.276. The van der Waals surface area contributed by atoms with E-state index in [1.54, 1.807) is 52.8 Å². The van der Waals surface area contributed by atoms with Gasteiger partial charge in [0.1, 0.15) is 0 Å². The minimum absolute atomic E-state index is 0.236. The number of nitrogens with one attached hydrogen (secondary N) is 1. The molecule has 0 saturated carbocycles. The van der Waals surface area contributed by atoms with Gasteiger partial charge in [0.25, 0.3) is 5.91 Å². The molecule has 0 aliphatic carbocycles. The third kappa shape index (κ3) is 3.79. The number of alkyl halides is 3. The van der Waals surface area contributed by atoms with Crippen molar-refractivity contribution in [3.05, 3.63) is 83.8 Å². The molecule has 5 rings (SSSR count). The molecule has 0 spiro atoms. The van der Waals surface area contributed by atoms with E-state index in [4.69, 9.17) is 0 Å². The fourth-order valence-electron chi connectivity index (χ4n) is 3.80. The zero-order valence-corrected chi connectivity index (χ0v) is 17.3. The molecule has 7 nitrogen and oxygen atoms in total. The van der Waals surface area contributed by atoms with E-state index in [1.165, 1.54) is 12.1 Å². The van der Waals surface area contributed by atoms with Crippen LogP contribution in [-0.4, -0.2) is 30.5 Å². The first-order valence-corrected chi connectivity index (χ1v) is 10.0. The van der Waals surface area contributed by atoms with Crippen LogP contribution in [0.15, 0.2) is 67.0 Å². The van der Waals surface area contributed by atoms with Crippen LogP contribution in [-0.2, 0) is 19.8 Å². The van der Waals surface area contributed by atoms with E-state index in [9.17, 15) is 18.0 Å². The van der Waals surface area contributed by atoms with E-state index >= 15 is 0 Å². The summed E-state index contributed by atoms with van der Waals surface area (Å²) >= 11 is 0. The van der Waals surface area contributed by atoms with E-state index < -0.39 is 11.7 Å². The molecule has 0 aliphatic heterocycles. The van der Waals surface area contributed by atoms with Gasteiger partial charge in [-0.1, -0.05) is 0 Å². The topological polar surface area (TPSA) is 77.6 Å². The van der Waals surface area contributed by atoms with Crippen LogP contribution in [0.1, 0.15) is 21.6 Å². The highest BCUT2D eigenvalue weighted by Gasteiger charge is 2.30. The van der Waals surface area contributed by atoms with Gasteiger partial charge in [-0.05, 0) is 54.6 Å². The van der Waals surface area contributed by atoms with Crippen LogP contribution in [0, 0.1) is 0 Å². The number of aryl methyl sites for hydroxylation is 1. The van der Waals surface area contributed by atoms with Crippen molar-refractivity contribution in [3.63, 3.8) is 0 Å². The normalized spacial score (nSPS) is 11.9. The molecular weight excluding hydrogens is 433 g/mol. The first-order chi connectivity index (χ1) is 15.8. The Morgan fingerprint density at radius 3 is 2.55 bits per heavy atom. The number of rotatable bonds is 4. The highest BCUT2D eigenvalue weighted by Crippen LogP contribution is 2.34. The van der Waals surface area contributed by atoms with Crippen LogP contribution in [0.4, 0.5) is 13.2 Å². The third-order valence-electron chi connectivity index (χ3n) is 5.32. The van der Waals surface area contributed by atoms with Crippen molar-refractivity contribution in [2.45, 2.75) is 12.7 Å². The Balaban J connectivity index is 1.55. The fraction of sp³-hybridized carbons (Fsp3) is 0.130. The first kappa shape index (κ1) is 20.7. The van der Waals surface area contributed by atoms with Crippen molar-refractivity contribution in [1.82, 2.24) is 29.9 Å². The predicted molar refractivity (Wildman–Crippen MR) is 116 cm³/mol. The number of carbonyl (C=O) groups excluding carboxylic acids is 1. The molecule has 0 radical (unpaired) electrons. The molecule has 2 aromatic carbocycles. The summed E-state index contributed by atoms with van der Waals surface area (Å²) in [4.78, 5) is 12.7. The Morgan fingerprint density at radius 2 is 1.85 bits per heavy atom. The molecule has 0 fully saturated rings.